The highest BCUT2D eigenvalue weighted by Gasteiger charge is 2.19. The molecule has 1 atom stereocenters. The number of rotatable bonds is 59. The summed E-state index contributed by atoms with van der Waals surface area (Å²) in [5.41, 5.74) is 0. The summed E-state index contributed by atoms with van der Waals surface area (Å²) in [4.78, 5) is 38.1. The van der Waals surface area contributed by atoms with Gasteiger partial charge in [0.05, 0.1) is 0 Å². The monoisotopic (exact) mass is 999 g/mol. The van der Waals surface area contributed by atoms with Crippen LogP contribution in [-0.2, 0) is 28.6 Å². The Morgan fingerprint density at radius 3 is 0.704 bits per heavy atom. The highest BCUT2D eigenvalue weighted by atomic mass is 16.6. The summed E-state index contributed by atoms with van der Waals surface area (Å²) in [5, 5.41) is 0. The minimum atomic E-state index is -0.771. The lowest BCUT2D eigenvalue weighted by atomic mass is 10.0. The maximum absolute atomic E-state index is 12.9. The summed E-state index contributed by atoms with van der Waals surface area (Å²) in [6.07, 6.45) is 72.0. The summed E-state index contributed by atoms with van der Waals surface area (Å²) in [6.45, 7) is 6.67. The molecule has 0 radical (unpaired) electrons. The highest BCUT2D eigenvalue weighted by molar-refractivity contribution is 5.71. The molecule has 0 aliphatic carbocycles. The molecule has 0 fully saturated rings. The maximum Gasteiger partial charge on any atom is 0.306 e. The van der Waals surface area contributed by atoms with Gasteiger partial charge in [0, 0.05) is 19.3 Å². The Kier molecular flexibility index (Phi) is 58.6. The minimum Gasteiger partial charge on any atom is -0.462 e. The summed E-state index contributed by atoms with van der Waals surface area (Å²) >= 11 is 0. The summed E-state index contributed by atoms with van der Waals surface area (Å²) in [7, 11) is 0. The molecule has 0 aliphatic rings. The number of hydrogen-bond acceptors (Lipinski definition) is 6. The topological polar surface area (TPSA) is 78.9 Å². The van der Waals surface area contributed by atoms with Crippen LogP contribution in [-0.4, -0.2) is 37.2 Å². The van der Waals surface area contributed by atoms with Gasteiger partial charge in [0.2, 0.25) is 0 Å². The van der Waals surface area contributed by atoms with Crippen molar-refractivity contribution in [2.24, 2.45) is 0 Å². The van der Waals surface area contributed by atoms with Crippen molar-refractivity contribution in [3.05, 3.63) is 24.3 Å². The molecule has 0 spiro atoms. The van der Waals surface area contributed by atoms with Gasteiger partial charge in [0.25, 0.3) is 0 Å². The lowest BCUT2D eigenvalue weighted by molar-refractivity contribution is -0.167. The Morgan fingerprint density at radius 1 is 0.268 bits per heavy atom. The van der Waals surface area contributed by atoms with Crippen LogP contribution >= 0.6 is 0 Å². The third-order valence-corrected chi connectivity index (χ3v) is 14.4. The number of carbonyl (C=O) groups is 3. The Hall–Kier alpha value is -2.11. The zero-order valence-corrected chi connectivity index (χ0v) is 48.0. The molecule has 0 heterocycles. The van der Waals surface area contributed by atoms with Crippen LogP contribution in [0.3, 0.4) is 0 Å². The molecule has 0 amide bonds. The van der Waals surface area contributed by atoms with Gasteiger partial charge in [-0.15, -0.1) is 0 Å². The summed E-state index contributed by atoms with van der Waals surface area (Å²) < 4.78 is 16.9. The first kappa shape index (κ1) is 68.9. The Morgan fingerprint density at radius 2 is 0.465 bits per heavy atom. The fourth-order valence-corrected chi connectivity index (χ4v) is 9.61. The first-order valence-electron chi connectivity index (χ1n) is 31.8. The SMILES string of the molecule is CCCCCCCCC/C=C\CCCCCCCC(=O)OC(COC(=O)CCCCCCCCCCCC)COC(=O)CCCCCCCCCCCCCCCCC/C=C\CCCCCCCCCC. The third kappa shape index (κ3) is 58.7. The molecule has 0 N–H and O–H groups in total. The molecular formula is C65H122O6. The van der Waals surface area contributed by atoms with Crippen molar-refractivity contribution in [2.75, 3.05) is 13.2 Å². The maximum atomic E-state index is 12.9. The summed E-state index contributed by atoms with van der Waals surface area (Å²) in [6, 6.07) is 0. The fourth-order valence-electron chi connectivity index (χ4n) is 9.61. The quantitative estimate of drug-likeness (QED) is 0.0261. The Bertz CT molecular complexity index is 1150. The van der Waals surface area contributed by atoms with Crippen LogP contribution in [0.4, 0.5) is 0 Å². The first-order valence-corrected chi connectivity index (χ1v) is 31.8. The number of ether oxygens (including phenoxy) is 3. The molecule has 0 aromatic rings. The largest absolute Gasteiger partial charge is 0.462 e. The van der Waals surface area contributed by atoms with Gasteiger partial charge in [-0.05, 0) is 70.6 Å². The molecule has 6 heteroatoms. The van der Waals surface area contributed by atoms with E-state index in [2.05, 4.69) is 45.1 Å². The number of unbranched alkanes of at least 4 members (excludes halogenated alkanes) is 44. The molecule has 0 aliphatic heterocycles. The second kappa shape index (κ2) is 60.4. The van der Waals surface area contributed by atoms with Gasteiger partial charge in [0.1, 0.15) is 13.2 Å². The van der Waals surface area contributed by atoms with Crippen molar-refractivity contribution in [3.63, 3.8) is 0 Å². The van der Waals surface area contributed by atoms with Gasteiger partial charge in [-0.25, -0.2) is 0 Å². The molecular weight excluding hydrogens is 877 g/mol. The van der Waals surface area contributed by atoms with E-state index >= 15 is 0 Å². The number of esters is 3. The van der Waals surface area contributed by atoms with E-state index in [1.54, 1.807) is 0 Å². The van der Waals surface area contributed by atoms with Gasteiger partial charge >= 0.3 is 17.9 Å². The predicted octanol–water partition coefficient (Wildman–Crippen LogP) is 21.4. The van der Waals surface area contributed by atoms with E-state index in [0.29, 0.717) is 19.3 Å². The van der Waals surface area contributed by atoms with Crippen LogP contribution in [0.15, 0.2) is 24.3 Å². The Balaban J connectivity index is 4.14. The van der Waals surface area contributed by atoms with E-state index < -0.39 is 6.10 Å². The van der Waals surface area contributed by atoms with E-state index in [4.69, 9.17) is 14.2 Å². The number of allylic oxidation sites excluding steroid dienone is 4. The minimum absolute atomic E-state index is 0.0695. The van der Waals surface area contributed by atoms with Gasteiger partial charge in [-0.2, -0.15) is 0 Å². The van der Waals surface area contributed by atoms with E-state index in [0.717, 1.165) is 64.2 Å². The predicted molar refractivity (Wildman–Crippen MR) is 307 cm³/mol. The molecule has 0 bridgehead atoms. The van der Waals surface area contributed by atoms with Crippen LogP contribution in [0.2, 0.25) is 0 Å². The zero-order chi connectivity index (χ0) is 51.4. The molecule has 1 unspecified atom stereocenters. The molecule has 0 rings (SSSR count). The van der Waals surface area contributed by atoms with E-state index in [9.17, 15) is 14.4 Å². The van der Waals surface area contributed by atoms with Crippen molar-refractivity contribution in [2.45, 2.75) is 361 Å². The molecule has 418 valence electrons. The standard InChI is InChI=1S/C65H122O6/c1-4-7-10-13-16-19-22-24-26-28-29-30-31-32-33-34-35-36-37-38-40-41-43-46-49-52-55-58-64(67)70-61-62(60-69-63(66)57-54-51-48-45-21-18-15-12-9-6-3)71-65(68)59-56-53-50-47-44-42-39-27-25-23-20-17-14-11-8-5-2/h27-29,39,62H,4-26,30-38,40-61H2,1-3H3/b29-28-,39-27-. The van der Waals surface area contributed by atoms with Crippen LogP contribution in [0.5, 0.6) is 0 Å². The second-order valence-corrected chi connectivity index (χ2v) is 21.7. The van der Waals surface area contributed by atoms with Crippen molar-refractivity contribution in [1.82, 2.24) is 0 Å². The molecule has 0 saturated heterocycles. The molecule has 0 saturated carbocycles. The average molecular weight is 1000 g/mol. The van der Waals surface area contributed by atoms with E-state index in [-0.39, 0.29) is 31.1 Å². The first-order chi connectivity index (χ1) is 35.0. The van der Waals surface area contributed by atoms with Gasteiger partial charge in [-0.3, -0.25) is 14.4 Å². The van der Waals surface area contributed by atoms with Crippen molar-refractivity contribution >= 4 is 17.9 Å². The van der Waals surface area contributed by atoms with Crippen LogP contribution in [0.25, 0.3) is 0 Å². The molecule has 71 heavy (non-hydrogen) atoms. The van der Waals surface area contributed by atoms with E-state index in [1.165, 1.54) is 250 Å². The Labute approximate surface area is 443 Å². The lowest BCUT2D eigenvalue weighted by Crippen LogP contribution is -2.30. The van der Waals surface area contributed by atoms with Gasteiger partial charge in [0.15, 0.2) is 6.10 Å². The zero-order valence-electron chi connectivity index (χ0n) is 48.0. The van der Waals surface area contributed by atoms with Crippen LogP contribution in [0.1, 0.15) is 355 Å². The number of carbonyl (C=O) groups excluding carboxylic acids is 3. The van der Waals surface area contributed by atoms with Gasteiger partial charge < -0.3 is 14.2 Å². The number of hydrogen-bond donors (Lipinski definition) is 0. The summed E-state index contributed by atoms with van der Waals surface area (Å²) in [5.74, 6) is -0.857. The van der Waals surface area contributed by atoms with E-state index in [1.807, 2.05) is 0 Å². The van der Waals surface area contributed by atoms with Crippen LogP contribution in [0, 0.1) is 0 Å². The average Bonchev–Trinajstić information content (AvgIpc) is 3.37. The molecule has 6 nitrogen and oxygen atoms in total. The third-order valence-electron chi connectivity index (χ3n) is 14.4. The fraction of sp³-hybridized carbons (Fsp3) is 0.892. The highest BCUT2D eigenvalue weighted by Crippen LogP contribution is 2.17. The van der Waals surface area contributed by atoms with Crippen molar-refractivity contribution in [3.8, 4) is 0 Å². The normalized spacial score (nSPS) is 12.1. The lowest BCUT2D eigenvalue weighted by Gasteiger charge is -2.18. The van der Waals surface area contributed by atoms with Crippen molar-refractivity contribution < 1.29 is 28.6 Å². The molecule has 0 aromatic carbocycles. The second-order valence-electron chi connectivity index (χ2n) is 21.7. The van der Waals surface area contributed by atoms with Gasteiger partial charge in [-0.1, -0.05) is 289 Å². The smallest absolute Gasteiger partial charge is 0.306 e. The molecule has 0 aromatic heterocycles. The van der Waals surface area contributed by atoms with Crippen LogP contribution < -0.4 is 0 Å². The van der Waals surface area contributed by atoms with Crippen molar-refractivity contribution in [1.29, 1.82) is 0 Å².